The largest absolute Gasteiger partial charge is 0.326 e. The lowest BCUT2D eigenvalue weighted by Crippen LogP contribution is -2.36. The van der Waals surface area contributed by atoms with Crippen LogP contribution in [0.25, 0.3) is 0 Å². The Labute approximate surface area is 189 Å². The molecule has 0 radical (unpaired) electrons. The second-order valence-corrected chi connectivity index (χ2v) is 8.22. The standard InChI is InChI=1S/C23H25BrFN5O/c1-14-5-6-17(13-21(14)25)22(31)28-23(27-19-9-7-18(24)8-10-19)26-12-11-20-15(2)29-30(4)16(20)3/h5-10,13H,11-12H2,1-4H3,(H2,26,27,28,31). The van der Waals surface area contributed by atoms with Crippen molar-refractivity contribution in [1.29, 1.82) is 0 Å². The van der Waals surface area contributed by atoms with E-state index in [0.717, 1.165) is 27.1 Å². The number of rotatable bonds is 5. The zero-order valence-corrected chi connectivity index (χ0v) is 19.5. The highest BCUT2D eigenvalue weighted by molar-refractivity contribution is 9.10. The Morgan fingerprint density at radius 3 is 2.48 bits per heavy atom. The van der Waals surface area contributed by atoms with Gasteiger partial charge in [0, 0.05) is 35.0 Å². The van der Waals surface area contributed by atoms with Gasteiger partial charge in [-0.05, 0) is 74.7 Å². The SMILES string of the molecule is Cc1ccc(C(=O)NC(=NCCc2c(C)nn(C)c2C)Nc2ccc(Br)cc2)cc1F. The minimum Gasteiger partial charge on any atom is -0.326 e. The van der Waals surface area contributed by atoms with Gasteiger partial charge in [0.15, 0.2) is 0 Å². The molecule has 0 bridgehead atoms. The number of amides is 1. The summed E-state index contributed by atoms with van der Waals surface area (Å²) in [4.78, 5) is 17.3. The minimum atomic E-state index is -0.434. The fourth-order valence-corrected chi connectivity index (χ4v) is 3.42. The first-order valence-electron chi connectivity index (χ1n) is 9.88. The van der Waals surface area contributed by atoms with Crippen LogP contribution in [0.3, 0.4) is 0 Å². The van der Waals surface area contributed by atoms with E-state index in [1.54, 1.807) is 19.1 Å². The van der Waals surface area contributed by atoms with Crippen LogP contribution in [-0.4, -0.2) is 28.2 Å². The van der Waals surface area contributed by atoms with Crippen molar-refractivity contribution >= 4 is 33.5 Å². The van der Waals surface area contributed by atoms with E-state index >= 15 is 0 Å². The van der Waals surface area contributed by atoms with Crippen LogP contribution in [-0.2, 0) is 13.5 Å². The van der Waals surface area contributed by atoms with E-state index in [2.05, 4.69) is 36.7 Å². The van der Waals surface area contributed by atoms with Gasteiger partial charge in [-0.1, -0.05) is 22.0 Å². The predicted octanol–water partition coefficient (Wildman–Crippen LogP) is 4.69. The molecule has 0 aliphatic heterocycles. The number of hydrogen-bond acceptors (Lipinski definition) is 3. The van der Waals surface area contributed by atoms with E-state index in [1.807, 2.05) is 49.8 Å². The van der Waals surface area contributed by atoms with Crippen molar-refractivity contribution in [2.75, 3.05) is 11.9 Å². The summed E-state index contributed by atoms with van der Waals surface area (Å²) in [6, 6.07) is 11.9. The molecular formula is C23H25BrFN5O. The Hall–Kier alpha value is -3.00. The molecule has 0 spiro atoms. The van der Waals surface area contributed by atoms with Crippen LogP contribution < -0.4 is 10.6 Å². The second-order valence-electron chi connectivity index (χ2n) is 7.30. The maximum absolute atomic E-state index is 13.9. The molecule has 3 rings (SSSR count). The van der Waals surface area contributed by atoms with Gasteiger partial charge in [-0.15, -0.1) is 0 Å². The molecule has 162 valence electrons. The summed E-state index contributed by atoms with van der Waals surface area (Å²) in [7, 11) is 1.91. The number of guanidine groups is 1. The molecule has 1 aromatic heterocycles. The highest BCUT2D eigenvalue weighted by Crippen LogP contribution is 2.15. The Kier molecular flexibility index (Phi) is 7.22. The Bertz CT molecular complexity index is 1120. The average Bonchev–Trinajstić information content (AvgIpc) is 2.97. The quantitative estimate of drug-likeness (QED) is 0.406. The predicted molar refractivity (Wildman–Crippen MR) is 125 cm³/mol. The van der Waals surface area contributed by atoms with Crippen LogP contribution in [0, 0.1) is 26.6 Å². The second kappa shape index (κ2) is 9.87. The highest BCUT2D eigenvalue weighted by Gasteiger charge is 2.13. The smallest absolute Gasteiger partial charge is 0.258 e. The number of anilines is 1. The normalized spacial score (nSPS) is 11.5. The topological polar surface area (TPSA) is 71.3 Å². The zero-order valence-electron chi connectivity index (χ0n) is 18.0. The summed E-state index contributed by atoms with van der Waals surface area (Å²) >= 11 is 3.41. The number of aliphatic imine (C=N–C) groups is 1. The molecule has 3 aromatic rings. The van der Waals surface area contributed by atoms with Gasteiger partial charge in [-0.25, -0.2) is 4.39 Å². The molecule has 0 aliphatic rings. The maximum atomic E-state index is 13.9. The summed E-state index contributed by atoms with van der Waals surface area (Å²) in [5, 5.41) is 10.3. The van der Waals surface area contributed by atoms with E-state index < -0.39 is 11.7 Å². The molecule has 2 aromatic carbocycles. The molecule has 0 atom stereocenters. The average molecular weight is 486 g/mol. The van der Waals surface area contributed by atoms with Crippen LogP contribution in [0.5, 0.6) is 0 Å². The zero-order chi connectivity index (χ0) is 22.5. The molecule has 1 amide bonds. The van der Waals surface area contributed by atoms with Crippen LogP contribution in [0.2, 0.25) is 0 Å². The molecule has 8 heteroatoms. The van der Waals surface area contributed by atoms with Gasteiger partial charge in [0.1, 0.15) is 5.82 Å². The molecular weight excluding hydrogens is 461 g/mol. The third kappa shape index (κ3) is 5.79. The van der Waals surface area contributed by atoms with Crippen LogP contribution in [0.1, 0.15) is 32.9 Å². The fourth-order valence-electron chi connectivity index (χ4n) is 3.15. The molecule has 2 N–H and O–H groups in total. The summed E-state index contributed by atoms with van der Waals surface area (Å²) in [5.74, 6) is -0.557. The van der Waals surface area contributed by atoms with Crippen LogP contribution in [0.4, 0.5) is 10.1 Å². The fraction of sp³-hybridized carbons (Fsp3) is 0.261. The number of nitrogens with zero attached hydrogens (tertiary/aromatic N) is 3. The number of carbonyl (C=O) groups excluding carboxylic acids is 1. The van der Waals surface area contributed by atoms with Crippen molar-refractivity contribution in [2.24, 2.45) is 12.0 Å². The first-order chi connectivity index (χ1) is 14.7. The minimum absolute atomic E-state index is 0.229. The lowest BCUT2D eigenvalue weighted by Gasteiger charge is -2.12. The monoisotopic (exact) mass is 485 g/mol. The number of benzene rings is 2. The van der Waals surface area contributed by atoms with Gasteiger partial charge in [0.05, 0.1) is 5.69 Å². The van der Waals surface area contributed by atoms with Crippen molar-refractivity contribution in [3.63, 3.8) is 0 Å². The van der Waals surface area contributed by atoms with E-state index in [4.69, 9.17) is 0 Å². The van der Waals surface area contributed by atoms with Crippen LogP contribution >= 0.6 is 15.9 Å². The molecule has 31 heavy (non-hydrogen) atoms. The lowest BCUT2D eigenvalue weighted by molar-refractivity contribution is 0.0976. The van der Waals surface area contributed by atoms with E-state index in [-0.39, 0.29) is 5.56 Å². The molecule has 0 saturated carbocycles. The number of aromatic nitrogens is 2. The Balaban J connectivity index is 1.79. The van der Waals surface area contributed by atoms with Crippen molar-refractivity contribution in [3.8, 4) is 0 Å². The van der Waals surface area contributed by atoms with E-state index in [0.29, 0.717) is 24.5 Å². The summed E-state index contributed by atoms with van der Waals surface area (Å²) in [5.41, 5.74) is 4.69. The van der Waals surface area contributed by atoms with Crippen LogP contribution in [0.15, 0.2) is 51.9 Å². The van der Waals surface area contributed by atoms with Gasteiger partial charge in [-0.3, -0.25) is 19.8 Å². The lowest BCUT2D eigenvalue weighted by atomic mass is 10.1. The van der Waals surface area contributed by atoms with E-state index in [9.17, 15) is 9.18 Å². The molecule has 0 aliphatic carbocycles. The Morgan fingerprint density at radius 1 is 1.16 bits per heavy atom. The van der Waals surface area contributed by atoms with Crippen molar-refractivity contribution < 1.29 is 9.18 Å². The van der Waals surface area contributed by atoms with Crippen molar-refractivity contribution in [1.82, 2.24) is 15.1 Å². The number of hydrogen-bond donors (Lipinski definition) is 2. The molecule has 0 saturated heterocycles. The summed E-state index contributed by atoms with van der Waals surface area (Å²) in [6.07, 6.45) is 0.687. The number of halogens is 2. The van der Waals surface area contributed by atoms with Gasteiger partial charge >= 0.3 is 0 Å². The highest BCUT2D eigenvalue weighted by atomic mass is 79.9. The first-order valence-corrected chi connectivity index (χ1v) is 10.7. The van der Waals surface area contributed by atoms with Crippen molar-refractivity contribution in [2.45, 2.75) is 27.2 Å². The van der Waals surface area contributed by atoms with Gasteiger partial charge in [0.25, 0.3) is 5.91 Å². The summed E-state index contributed by atoms with van der Waals surface area (Å²) in [6.45, 7) is 6.10. The Morgan fingerprint density at radius 2 is 1.87 bits per heavy atom. The number of carbonyl (C=O) groups is 1. The van der Waals surface area contributed by atoms with Crippen molar-refractivity contribution in [3.05, 3.63) is 80.8 Å². The van der Waals surface area contributed by atoms with Gasteiger partial charge in [0.2, 0.25) is 5.96 Å². The number of nitrogens with one attached hydrogen (secondary N) is 2. The number of aryl methyl sites for hydroxylation is 3. The summed E-state index contributed by atoms with van der Waals surface area (Å²) < 4.78 is 16.7. The van der Waals surface area contributed by atoms with Gasteiger partial charge < -0.3 is 5.32 Å². The first kappa shape index (κ1) is 22.7. The third-order valence-corrected chi connectivity index (χ3v) is 5.59. The molecule has 6 nitrogen and oxygen atoms in total. The maximum Gasteiger partial charge on any atom is 0.258 e. The van der Waals surface area contributed by atoms with Gasteiger partial charge in [-0.2, -0.15) is 5.10 Å². The molecule has 1 heterocycles. The van der Waals surface area contributed by atoms with E-state index in [1.165, 1.54) is 6.07 Å². The molecule has 0 unspecified atom stereocenters. The molecule has 0 fully saturated rings. The third-order valence-electron chi connectivity index (χ3n) is 5.06.